The van der Waals surface area contributed by atoms with Crippen LogP contribution in [0, 0.1) is 5.92 Å². The van der Waals surface area contributed by atoms with E-state index in [1.165, 1.54) is 12.0 Å². The largest absolute Gasteiger partial charge is 0.497 e. The van der Waals surface area contributed by atoms with E-state index in [4.69, 9.17) is 4.74 Å². The van der Waals surface area contributed by atoms with Gasteiger partial charge in [0.25, 0.3) is 5.91 Å². The van der Waals surface area contributed by atoms with Crippen LogP contribution in [0.4, 0.5) is 0 Å². The summed E-state index contributed by atoms with van der Waals surface area (Å²) in [4.78, 5) is 32.9. The third kappa shape index (κ3) is 5.26. The van der Waals surface area contributed by atoms with Crippen LogP contribution in [-0.2, 0) is 11.2 Å². The highest BCUT2D eigenvalue weighted by molar-refractivity contribution is 6.01. The van der Waals surface area contributed by atoms with E-state index in [1.807, 2.05) is 48.5 Å². The van der Waals surface area contributed by atoms with Gasteiger partial charge in [0.15, 0.2) is 0 Å². The molecular formula is C35H40N2O3. The van der Waals surface area contributed by atoms with E-state index in [1.54, 1.807) is 7.11 Å². The molecule has 0 aromatic heterocycles. The van der Waals surface area contributed by atoms with Crippen molar-refractivity contribution in [3.05, 3.63) is 101 Å². The zero-order chi connectivity index (χ0) is 27.5. The molecule has 0 bridgehead atoms. The fourth-order valence-corrected chi connectivity index (χ4v) is 7.24. The van der Waals surface area contributed by atoms with Crippen LogP contribution in [0.5, 0.6) is 5.75 Å². The third-order valence-corrected chi connectivity index (χ3v) is 9.36. The number of fused-ring (bicyclic) bond motifs is 1. The Morgan fingerprint density at radius 3 is 2.20 bits per heavy atom. The van der Waals surface area contributed by atoms with Gasteiger partial charge in [0.05, 0.1) is 19.1 Å². The summed E-state index contributed by atoms with van der Waals surface area (Å²) < 4.78 is 5.44. The first-order valence-electron chi connectivity index (χ1n) is 15.0. The number of nitrogens with zero attached hydrogens (tertiary/aromatic N) is 2. The predicted molar refractivity (Wildman–Crippen MR) is 157 cm³/mol. The van der Waals surface area contributed by atoms with Gasteiger partial charge in [0.2, 0.25) is 5.91 Å². The standard InChI is InChI=1S/C35H40N2O3/c1-40-29-18-16-27(17-19-29)33-32(35(39)36-22-20-26(21-23-36)24-25-10-4-2-5-11-25)30-14-8-9-15-31(30)34(38)37(33)28-12-6-3-7-13-28/h2,4-5,8-11,14-19,26,28,32-33H,3,6-7,12-13,20-24H2,1H3/t32-,33-/m1/s1. The van der Waals surface area contributed by atoms with Gasteiger partial charge in [0, 0.05) is 24.7 Å². The molecule has 3 aromatic rings. The van der Waals surface area contributed by atoms with E-state index >= 15 is 0 Å². The van der Waals surface area contributed by atoms with Crippen LogP contribution in [0.3, 0.4) is 0 Å². The Morgan fingerprint density at radius 1 is 0.825 bits per heavy atom. The van der Waals surface area contributed by atoms with E-state index in [0.717, 1.165) is 74.9 Å². The molecule has 2 aliphatic heterocycles. The van der Waals surface area contributed by atoms with Gasteiger partial charge < -0.3 is 14.5 Å². The SMILES string of the molecule is COc1ccc([C@@H]2[C@H](C(=O)N3CCC(Cc4ccccc4)CC3)c3ccccc3C(=O)N2C2CCCCC2)cc1. The molecule has 2 amide bonds. The summed E-state index contributed by atoms with van der Waals surface area (Å²) >= 11 is 0. The molecule has 3 aromatic carbocycles. The van der Waals surface area contributed by atoms with Crippen molar-refractivity contribution < 1.29 is 14.3 Å². The molecule has 0 radical (unpaired) electrons. The molecule has 0 spiro atoms. The molecule has 1 aliphatic carbocycles. The van der Waals surface area contributed by atoms with Crippen molar-refractivity contribution in [3.8, 4) is 5.75 Å². The normalized spacial score (nSPS) is 22.2. The van der Waals surface area contributed by atoms with E-state index in [0.29, 0.717) is 11.5 Å². The predicted octanol–water partition coefficient (Wildman–Crippen LogP) is 6.79. The number of piperidine rings is 1. The van der Waals surface area contributed by atoms with Gasteiger partial charge in [-0.1, -0.05) is 79.9 Å². The Morgan fingerprint density at radius 2 is 1.50 bits per heavy atom. The Balaban J connectivity index is 1.33. The minimum Gasteiger partial charge on any atom is -0.497 e. The molecule has 6 rings (SSSR count). The van der Waals surface area contributed by atoms with Gasteiger partial charge in [-0.2, -0.15) is 0 Å². The number of carbonyl (C=O) groups excluding carboxylic acids is 2. The van der Waals surface area contributed by atoms with Gasteiger partial charge in [0.1, 0.15) is 5.75 Å². The van der Waals surface area contributed by atoms with Crippen LogP contribution in [0.25, 0.3) is 0 Å². The minimum absolute atomic E-state index is 0.0638. The van der Waals surface area contributed by atoms with Crippen LogP contribution < -0.4 is 4.74 Å². The van der Waals surface area contributed by atoms with E-state index in [9.17, 15) is 9.59 Å². The van der Waals surface area contributed by atoms with Crippen molar-refractivity contribution in [1.82, 2.24) is 9.80 Å². The molecule has 0 N–H and O–H groups in total. The average molecular weight is 537 g/mol. The first kappa shape index (κ1) is 26.6. The molecule has 5 nitrogen and oxygen atoms in total. The van der Waals surface area contributed by atoms with Gasteiger partial charge in [-0.05, 0) is 72.9 Å². The lowest BCUT2D eigenvalue weighted by atomic mass is 9.76. The summed E-state index contributed by atoms with van der Waals surface area (Å²) in [6.07, 6.45) is 8.52. The first-order valence-corrected chi connectivity index (χ1v) is 15.0. The molecule has 2 heterocycles. The summed E-state index contributed by atoms with van der Waals surface area (Å²) in [5.41, 5.74) is 3.94. The Labute approximate surface area is 238 Å². The van der Waals surface area contributed by atoms with Gasteiger partial charge in [-0.25, -0.2) is 0 Å². The van der Waals surface area contributed by atoms with Gasteiger partial charge >= 0.3 is 0 Å². The van der Waals surface area contributed by atoms with E-state index < -0.39 is 5.92 Å². The number of likely N-dealkylation sites (tertiary alicyclic amines) is 1. The Bertz CT molecular complexity index is 1310. The molecule has 0 unspecified atom stereocenters. The highest BCUT2D eigenvalue weighted by Crippen LogP contribution is 2.47. The van der Waals surface area contributed by atoms with Crippen LogP contribution in [0.1, 0.15) is 84.0 Å². The van der Waals surface area contributed by atoms with Crippen molar-refractivity contribution in [3.63, 3.8) is 0 Å². The summed E-state index contributed by atoms with van der Waals surface area (Å²) in [6.45, 7) is 1.53. The highest BCUT2D eigenvalue weighted by Gasteiger charge is 2.48. The lowest BCUT2D eigenvalue weighted by Crippen LogP contribution is -2.53. The van der Waals surface area contributed by atoms with Crippen molar-refractivity contribution in [2.75, 3.05) is 20.2 Å². The third-order valence-electron chi connectivity index (χ3n) is 9.36. The lowest BCUT2D eigenvalue weighted by molar-refractivity contribution is -0.136. The second kappa shape index (κ2) is 11.9. The van der Waals surface area contributed by atoms with Crippen molar-refractivity contribution in [2.24, 2.45) is 5.92 Å². The summed E-state index contributed by atoms with van der Waals surface area (Å²) in [5, 5.41) is 0. The number of hydrogen-bond acceptors (Lipinski definition) is 3. The van der Waals surface area contributed by atoms with Crippen molar-refractivity contribution in [2.45, 2.75) is 69.4 Å². The second-order valence-electron chi connectivity index (χ2n) is 11.7. The lowest BCUT2D eigenvalue weighted by Gasteiger charge is -2.48. The molecule has 2 atom stereocenters. The zero-order valence-corrected chi connectivity index (χ0v) is 23.5. The van der Waals surface area contributed by atoms with Crippen LogP contribution in [-0.4, -0.2) is 47.9 Å². The fraction of sp³-hybridized carbons (Fsp3) is 0.429. The number of carbonyl (C=O) groups is 2. The molecule has 1 saturated carbocycles. The van der Waals surface area contributed by atoms with Crippen LogP contribution >= 0.6 is 0 Å². The number of hydrogen-bond donors (Lipinski definition) is 0. The maximum Gasteiger partial charge on any atom is 0.254 e. The number of benzene rings is 3. The smallest absolute Gasteiger partial charge is 0.254 e. The summed E-state index contributed by atoms with van der Waals surface area (Å²) in [6, 6.07) is 26.3. The Hall–Kier alpha value is -3.60. The van der Waals surface area contributed by atoms with Gasteiger partial charge in [-0.15, -0.1) is 0 Å². The highest BCUT2D eigenvalue weighted by atomic mass is 16.5. The maximum absolute atomic E-state index is 14.6. The number of rotatable bonds is 6. The van der Waals surface area contributed by atoms with Crippen molar-refractivity contribution >= 4 is 11.8 Å². The zero-order valence-electron chi connectivity index (χ0n) is 23.5. The van der Waals surface area contributed by atoms with Gasteiger partial charge in [-0.3, -0.25) is 9.59 Å². The summed E-state index contributed by atoms with van der Waals surface area (Å²) in [7, 11) is 1.66. The minimum atomic E-state index is -0.421. The molecule has 208 valence electrons. The first-order chi connectivity index (χ1) is 19.6. The van der Waals surface area contributed by atoms with E-state index in [2.05, 4.69) is 40.1 Å². The Kier molecular flexibility index (Phi) is 7.90. The average Bonchev–Trinajstić information content (AvgIpc) is 3.02. The van der Waals surface area contributed by atoms with Crippen LogP contribution in [0.15, 0.2) is 78.9 Å². The van der Waals surface area contributed by atoms with E-state index in [-0.39, 0.29) is 23.9 Å². The molecule has 5 heteroatoms. The quantitative estimate of drug-likeness (QED) is 0.349. The number of methoxy groups -OCH3 is 1. The monoisotopic (exact) mass is 536 g/mol. The number of amides is 2. The molecule has 1 saturated heterocycles. The van der Waals surface area contributed by atoms with Crippen LogP contribution in [0.2, 0.25) is 0 Å². The second-order valence-corrected chi connectivity index (χ2v) is 11.7. The topological polar surface area (TPSA) is 49.9 Å². The molecule has 2 fully saturated rings. The molecule has 3 aliphatic rings. The summed E-state index contributed by atoms with van der Waals surface area (Å²) in [5.74, 6) is 1.16. The molecular weight excluding hydrogens is 496 g/mol. The fourth-order valence-electron chi connectivity index (χ4n) is 7.24. The van der Waals surface area contributed by atoms with Crippen molar-refractivity contribution in [1.29, 1.82) is 0 Å². The maximum atomic E-state index is 14.6. The molecule has 40 heavy (non-hydrogen) atoms. The number of ether oxygens (including phenoxy) is 1.